The Morgan fingerprint density at radius 1 is 1.42 bits per heavy atom. The summed E-state index contributed by atoms with van der Waals surface area (Å²) in [5.74, 6) is 0. The smallest absolute Gasteiger partial charge is 0.0934 e. The zero-order chi connectivity index (χ0) is 8.97. The quantitative estimate of drug-likeness (QED) is 0.699. The standard InChI is InChI=1S/C10H12BrF/c1-8-2-3-9(7-11)6-10(8)4-5-12/h2-3,6H,4-5,7H2,1H3. The highest BCUT2D eigenvalue weighted by Crippen LogP contribution is 2.14. The molecule has 0 aliphatic rings. The Morgan fingerprint density at radius 2 is 2.17 bits per heavy atom. The first-order valence-corrected chi connectivity index (χ1v) is 5.10. The molecule has 0 saturated carbocycles. The molecule has 1 rings (SSSR count). The maximum atomic E-state index is 12.1. The zero-order valence-electron chi connectivity index (χ0n) is 7.11. The van der Waals surface area contributed by atoms with Gasteiger partial charge in [0.05, 0.1) is 6.67 Å². The van der Waals surface area contributed by atoms with E-state index in [-0.39, 0.29) is 6.67 Å². The fourth-order valence-electron chi connectivity index (χ4n) is 1.18. The highest BCUT2D eigenvalue weighted by molar-refractivity contribution is 9.08. The highest BCUT2D eigenvalue weighted by Gasteiger charge is 1.99. The van der Waals surface area contributed by atoms with Gasteiger partial charge >= 0.3 is 0 Å². The van der Waals surface area contributed by atoms with Crippen LogP contribution in [0.15, 0.2) is 18.2 Å². The van der Waals surface area contributed by atoms with Gasteiger partial charge in [0, 0.05) is 11.8 Å². The van der Waals surface area contributed by atoms with E-state index in [1.807, 2.05) is 13.0 Å². The summed E-state index contributed by atoms with van der Waals surface area (Å²) in [6.45, 7) is 1.75. The first kappa shape index (κ1) is 9.72. The van der Waals surface area contributed by atoms with Gasteiger partial charge in [-0.25, -0.2) is 0 Å². The van der Waals surface area contributed by atoms with Gasteiger partial charge in [0.2, 0.25) is 0 Å². The molecule has 0 fully saturated rings. The third-order valence-electron chi connectivity index (χ3n) is 1.93. The van der Waals surface area contributed by atoms with Crippen LogP contribution >= 0.6 is 15.9 Å². The Morgan fingerprint density at radius 3 is 2.75 bits per heavy atom. The summed E-state index contributed by atoms with van der Waals surface area (Å²) in [5, 5.41) is 0.840. The minimum absolute atomic E-state index is 0.271. The van der Waals surface area contributed by atoms with Gasteiger partial charge in [-0.15, -0.1) is 0 Å². The van der Waals surface area contributed by atoms with Gasteiger partial charge in [0.25, 0.3) is 0 Å². The van der Waals surface area contributed by atoms with Crippen molar-refractivity contribution in [2.45, 2.75) is 18.7 Å². The number of rotatable bonds is 3. The average Bonchev–Trinajstić information content (AvgIpc) is 2.09. The second-order valence-electron chi connectivity index (χ2n) is 2.83. The number of halogens is 2. The minimum Gasteiger partial charge on any atom is -0.251 e. The first-order chi connectivity index (χ1) is 5.77. The molecule has 0 aromatic heterocycles. The summed E-state index contributed by atoms with van der Waals surface area (Å²) in [6, 6.07) is 6.16. The lowest BCUT2D eigenvalue weighted by molar-refractivity contribution is 0.494. The summed E-state index contributed by atoms with van der Waals surface area (Å²) >= 11 is 3.37. The number of alkyl halides is 2. The molecule has 0 amide bonds. The molecule has 1 aromatic rings. The highest BCUT2D eigenvalue weighted by atomic mass is 79.9. The van der Waals surface area contributed by atoms with E-state index in [2.05, 4.69) is 28.1 Å². The Balaban J connectivity index is 2.91. The van der Waals surface area contributed by atoms with Crippen molar-refractivity contribution in [2.75, 3.05) is 6.67 Å². The van der Waals surface area contributed by atoms with Crippen LogP contribution in [-0.2, 0) is 11.8 Å². The van der Waals surface area contributed by atoms with Crippen LogP contribution in [-0.4, -0.2) is 6.67 Å². The lowest BCUT2D eigenvalue weighted by atomic mass is 10.0. The third kappa shape index (κ3) is 2.31. The summed E-state index contributed by atoms with van der Waals surface area (Å²) in [5.41, 5.74) is 3.51. The van der Waals surface area contributed by atoms with E-state index in [9.17, 15) is 4.39 Å². The molecule has 0 aliphatic carbocycles. The lowest BCUT2D eigenvalue weighted by Crippen LogP contribution is -1.92. The molecular formula is C10H12BrF. The number of hydrogen-bond donors (Lipinski definition) is 0. The molecule has 0 spiro atoms. The van der Waals surface area contributed by atoms with Crippen molar-refractivity contribution in [3.05, 3.63) is 34.9 Å². The summed E-state index contributed by atoms with van der Waals surface area (Å²) in [4.78, 5) is 0. The van der Waals surface area contributed by atoms with E-state index in [0.29, 0.717) is 6.42 Å². The molecule has 0 aliphatic heterocycles. The van der Waals surface area contributed by atoms with Crippen molar-refractivity contribution in [3.8, 4) is 0 Å². The number of aryl methyl sites for hydroxylation is 2. The van der Waals surface area contributed by atoms with Crippen LogP contribution in [0.5, 0.6) is 0 Å². The van der Waals surface area contributed by atoms with Crippen LogP contribution in [0.4, 0.5) is 4.39 Å². The predicted molar refractivity (Wildman–Crippen MR) is 53.5 cm³/mol. The molecule has 12 heavy (non-hydrogen) atoms. The molecule has 0 radical (unpaired) electrons. The summed E-state index contributed by atoms with van der Waals surface area (Å²) < 4.78 is 12.1. The van der Waals surface area contributed by atoms with E-state index in [1.54, 1.807) is 0 Å². The molecule has 0 bridgehead atoms. The topological polar surface area (TPSA) is 0 Å². The van der Waals surface area contributed by atoms with E-state index in [1.165, 1.54) is 11.1 Å². The summed E-state index contributed by atoms with van der Waals surface area (Å²) in [6.07, 6.45) is 0.534. The van der Waals surface area contributed by atoms with Crippen LogP contribution in [0, 0.1) is 6.92 Å². The SMILES string of the molecule is Cc1ccc(CBr)cc1CCF. The molecule has 0 unspecified atom stereocenters. The van der Waals surface area contributed by atoms with Crippen molar-refractivity contribution in [3.63, 3.8) is 0 Å². The molecule has 2 heteroatoms. The number of hydrogen-bond acceptors (Lipinski definition) is 0. The lowest BCUT2D eigenvalue weighted by Gasteiger charge is -2.04. The van der Waals surface area contributed by atoms with E-state index in [4.69, 9.17) is 0 Å². The van der Waals surface area contributed by atoms with Crippen LogP contribution < -0.4 is 0 Å². The Hall–Kier alpha value is -0.370. The van der Waals surface area contributed by atoms with Crippen LogP contribution in [0.2, 0.25) is 0 Å². The largest absolute Gasteiger partial charge is 0.251 e. The van der Waals surface area contributed by atoms with Crippen molar-refractivity contribution < 1.29 is 4.39 Å². The van der Waals surface area contributed by atoms with E-state index >= 15 is 0 Å². The van der Waals surface area contributed by atoms with E-state index in [0.717, 1.165) is 10.9 Å². The second-order valence-corrected chi connectivity index (χ2v) is 3.39. The fraction of sp³-hybridized carbons (Fsp3) is 0.400. The Labute approximate surface area is 80.9 Å². The van der Waals surface area contributed by atoms with Crippen molar-refractivity contribution in [1.29, 1.82) is 0 Å². The van der Waals surface area contributed by atoms with Crippen molar-refractivity contribution >= 4 is 15.9 Å². The zero-order valence-corrected chi connectivity index (χ0v) is 8.70. The molecule has 0 atom stereocenters. The van der Waals surface area contributed by atoms with Crippen molar-refractivity contribution in [1.82, 2.24) is 0 Å². The molecule has 0 heterocycles. The van der Waals surface area contributed by atoms with Crippen molar-refractivity contribution in [2.24, 2.45) is 0 Å². The summed E-state index contributed by atoms with van der Waals surface area (Å²) in [7, 11) is 0. The van der Waals surface area contributed by atoms with Crippen LogP contribution in [0.1, 0.15) is 16.7 Å². The first-order valence-electron chi connectivity index (χ1n) is 3.98. The van der Waals surface area contributed by atoms with Gasteiger partial charge in [-0.05, 0) is 23.6 Å². The molecule has 66 valence electrons. The van der Waals surface area contributed by atoms with Gasteiger partial charge < -0.3 is 0 Å². The monoisotopic (exact) mass is 230 g/mol. The third-order valence-corrected chi connectivity index (χ3v) is 2.58. The molecule has 0 nitrogen and oxygen atoms in total. The number of benzene rings is 1. The van der Waals surface area contributed by atoms with Gasteiger partial charge in [-0.1, -0.05) is 34.1 Å². The maximum absolute atomic E-state index is 12.1. The van der Waals surface area contributed by atoms with Crippen LogP contribution in [0.3, 0.4) is 0 Å². The van der Waals surface area contributed by atoms with E-state index < -0.39 is 0 Å². The average molecular weight is 231 g/mol. The predicted octanol–water partition coefficient (Wildman–Crippen LogP) is 3.40. The Bertz CT molecular complexity index is 258. The van der Waals surface area contributed by atoms with Gasteiger partial charge in [-0.2, -0.15) is 0 Å². The molecule has 0 saturated heterocycles. The molecule has 0 N–H and O–H groups in total. The van der Waals surface area contributed by atoms with Gasteiger partial charge in [0.15, 0.2) is 0 Å². The van der Waals surface area contributed by atoms with Crippen LogP contribution in [0.25, 0.3) is 0 Å². The minimum atomic E-state index is -0.271. The Kier molecular flexibility index (Phi) is 3.73. The van der Waals surface area contributed by atoms with Gasteiger partial charge in [0.1, 0.15) is 0 Å². The molecular weight excluding hydrogens is 219 g/mol. The van der Waals surface area contributed by atoms with Gasteiger partial charge in [-0.3, -0.25) is 4.39 Å². The second kappa shape index (κ2) is 4.61. The molecule has 1 aromatic carbocycles. The normalized spacial score (nSPS) is 10.2. The fourth-order valence-corrected chi connectivity index (χ4v) is 1.53. The maximum Gasteiger partial charge on any atom is 0.0934 e.